The molecule has 0 unspecified atom stereocenters. The first-order valence-corrected chi connectivity index (χ1v) is 9.13. The van der Waals surface area contributed by atoms with Crippen LogP contribution in [0.3, 0.4) is 0 Å². The van der Waals surface area contributed by atoms with Crippen LogP contribution in [0.25, 0.3) is 22.3 Å². The topological polar surface area (TPSA) is 45.6 Å². The summed E-state index contributed by atoms with van der Waals surface area (Å²) in [6.07, 6.45) is 0. The minimum Gasteiger partial charge on any atom is -0.508 e. The van der Waals surface area contributed by atoms with Gasteiger partial charge < -0.3 is 14.3 Å². The second kappa shape index (κ2) is 7.61. The molecular formula is C24H22NO3+. The summed E-state index contributed by atoms with van der Waals surface area (Å²) in [5, 5.41) is 11.9. The maximum absolute atomic E-state index is 10.00. The smallest absolute Gasteiger partial charge is 0.214 e. The van der Waals surface area contributed by atoms with E-state index in [1.807, 2.05) is 55.6 Å². The van der Waals surface area contributed by atoms with Crippen molar-refractivity contribution in [3.63, 3.8) is 0 Å². The number of fused-ring (bicyclic) bond motifs is 1. The van der Waals surface area contributed by atoms with Gasteiger partial charge in [0.2, 0.25) is 5.36 Å². The van der Waals surface area contributed by atoms with Gasteiger partial charge in [-0.2, -0.15) is 0 Å². The molecule has 4 nitrogen and oxygen atoms in total. The van der Waals surface area contributed by atoms with Crippen LogP contribution in [0.5, 0.6) is 11.5 Å². The maximum Gasteiger partial charge on any atom is 0.214 e. The Morgan fingerprint density at radius 3 is 2.39 bits per heavy atom. The number of hydrogen-bond donors (Lipinski definition) is 1. The van der Waals surface area contributed by atoms with Gasteiger partial charge in [-0.3, -0.25) is 0 Å². The number of benzene rings is 3. The quantitative estimate of drug-likeness (QED) is 0.540. The highest BCUT2D eigenvalue weighted by Gasteiger charge is 2.13. The fourth-order valence-electron chi connectivity index (χ4n) is 3.31. The lowest BCUT2D eigenvalue weighted by molar-refractivity contribution is 0.415. The van der Waals surface area contributed by atoms with Gasteiger partial charge in [-0.1, -0.05) is 30.3 Å². The van der Waals surface area contributed by atoms with Gasteiger partial charge in [-0.15, -0.1) is 0 Å². The van der Waals surface area contributed by atoms with E-state index in [0.717, 1.165) is 39.9 Å². The minimum atomic E-state index is 0.217. The zero-order valence-electron chi connectivity index (χ0n) is 15.9. The van der Waals surface area contributed by atoms with E-state index in [1.54, 1.807) is 25.3 Å². The standard InChI is InChI=1S/C24H21NO3/c1-25(16-17-6-4-3-5-7-17)22-15-24(18-8-11-20(27-2)12-9-18)28-23-13-10-19(26)14-21(22)23/h3-15H,16H2,1-2H3/p+1. The molecule has 0 radical (unpaired) electrons. The Balaban J connectivity index is 1.92. The molecular weight excluding hydrogens is 350 g/mol. The number of hydrogen-bond acceptors (Lipinski definition) is 3. The molecule has 0 amide bonds. The van der Waals surface area contributed by atoms with Crippen molar-refractivity contribution in [3.8, 4) is 22.8 Å². The maximum atomic E-state index is 10.00. The van der Waals surface area contributed by atoms with Crippen molar-refractivity contribution in [2.75, 3.05) is 14.2 Å². The first-order chi connectivity index (χ1) is 13.6. The van der Waals surface area contributed by atoms with Crippen LogP contribution in [0, 0.1) is 0 Å². The molecule has 4 heteroatoms. The molecule has 4 aromatic rings. The number of methoxy groups -OCH3 is 1. The van der Waals surface area contributed by atoms with Crippen LogP contribution in [-0.2, 0) is 6.54 Å². The molecule has 0 saturated heterocycles. The molecule has 1 heterocycles. The zero-order chi connectivity index (χ0) is 19.5. The average Bonchev–Trinajstić information content (AvgIpc) is 2.73. The van der Waals surface area contributed by atoms with Crippen LogP contribution in [0.4, 0.5) is 0 Å². The van der Waals surface area contributed by atoms with E-state index >= 15 is 0 Å². The molecule has 0 fully saturated rings. The summed E-state index contributed by atoms with van der Waals surface area (Å²) in [6.45, 7) is 0.748. The van der Waals surface area contributed by atoms with Crippen molar-refractivity contribution in [2.45, 2.75) is 6.54 Å². The number of ether oxygens (including phenoxy) is 1. The molecule has 0 spiro atoms. The minimum absolute atomic E-state index is 0.217. The van der Waals surface area contributed by atoms with Crippen molar-refractivity contribution in [3.05, 3.63) is 89.8 Å². The summed E-state index contributed by atoms with van der Waals surface area (Å²) in [4.78, 5) is 0. The largest absolute Gasteiger partial charge is 0.508 e. The number of rotatable bonds is 4. The molecule has 140 valence electrons. The summed E-state index contributed by atoms with van der Waals surface area (Å²) in [7, 11) is 3.70. The second-order valence-corrected chi connectivity index (χ2v) is 6.75. The second-order valence-electron chi connectivity index (χ2n) is 6.75. The van der Waals surface area contributed by atoms with E-state index in [1.165, 1.54) is 5.56 Å². The predicted molar refractivity (Wildman–Crippen MR) is 111 cm³/mol. The Bertz CT molecular complexity index is 1180. The third-order valence-electron chi connectivity index (χ3n) is 4.78. The highest BCUT2D eigenvalue weighted by Crippen LogP contribution is 2.25. The normalized spacial score (nSPS) is 12.1. The fraction of sp³-hybridized carbons (Fsp3) is 0.125. The zero-order valence-corrected chi connectivity index (χ0v) is 15.9. The van der Waals surface area contributed by atoms with E-state index in [0.29, 0.717) is 0 Å². The van der Waals surface area contributed by atoms with Gasteiger partial charge in [0, 0.05) is 11.1 Å². The summed E-state index contributed by atoms with van der Waals surface area (Å²) >= 11 is 0. The van der Waals surface area contributed by atoms with Gasteiger partial charge in [0.15, 0.2) is 6.54 Å². The molecule has 0 aliphatic carbocycles. The Hall–Kier alpha value is -3.53. The summed E-state index contributed by atoms with van der Waals surface area (Å²) in [5.74, 6) is 1.78. The lowest BCUT2D eigenvalue weighted by atomic mass is 10.1. The lowest BCUT2D eigenvalue weighted by Crippen LogP contribution is -2.26. The van der Waals surface area contributed by atoms with Gasteiger partial charge in [0.25, 0.3) is 0 Å². The highest BCUT2D eigenvalue weighted by molar-refractivity contribution is 5.80. The molecule has 0 aliphatic rings. The van der Waals surface area contributed by atoms with Crippen molar-refractivity contribution in [1.29, 1.82) is 0 Å². The number of nitrogens with zero attached hydrogens (tertiary/aromatic N) is 1. The third kappa shape index (κ3) is 3.62. The van der Waals surface area contributed by atoms with Crippen LogP contribution in [0.1, 0.15) is 5.56 Å². The Morgan fingerprint density at radius 1 is 0.929 bits per heavy atom. The van der Waals surface area contributed by atoms with Gasteiger partial charge in [-0.05, 0) is 42.5 Å². The Labute approximate surface area is 163 Å². The first-order valence-electron chi connectivity index (χ1n) is 9.13. The Morgan fingerprint density at radius 2 is 1.68 bits per heavy atom. The molecule has 1 N–H and O–H groups in total. The van der Waals surface area contributed by atoms with Crippen LogP contribution in [-0.4, -0.2) is 19.3 Å². The van der Waals surface area contributed by atoms with Crippen LogP contribution < -0.4 is 14.7 Å². The molecule has 0 bridgehead atoms. The molecule has 0 aliphatic heterocycles. The van der Waals surface area contributed by atoms with Gasteiger partial charge in [0.1, 0.15) is 29.9 Å². The van der Waals surface area contributed by atoms with Gasteiger partial charge >= 0.3 is 0 Å². The van der Waals surface area contributed by atoms with Crippen LogP contribution in [0.2, 0.25) is 0 Å². The van der Waals surface area contributed by atoms with Crippen LogP contribution in [0.15, 0.2) is 83.3 Å². The summed E-state index contributed by atoms with van der Waals surface area (Å²) < 4.78 is 13.6. The number of phenolic OH excluding ortho intramolecular Hbond substituents is 1. The molecule has 28 heavy (non-hydrogen) atoms. The van der Waals surface area contributed by atoms with Gasteiger partial charge in [-0.25, -0.2) is 4.58 Å². The molecule has 1 aromatic heterocycles. The van der Waals surface area contributed by atoms with E-state index in [9.17, 15) is 5.11 Å². The molecule has 3 aromatic carbocycles. The van der Waals surface area contributed by atoms with E-state index in [2.05, 4.69) is 16.7 Å². The number of phenols is 1. The van der Waals surface area contributed by atoms with Crippen molar-refractivity contribution in [1.82, 2.24) is 4.58 Å². The van der Waals surface area contributed by atoms with E-state index in [4.69, 9.17) is 9.15 Å². The lowest BCUT2D eigenvalue weighted by Gasteiger charge is -2.07. The van der Waals surface area contributed by atoms with Crippen LogP contribution >= 0.6 is 0 Å². The molecule has 4 rings (SSSR count). The SMILES string of the molecule is COc1ccc(-c2cc(=[N+](C)Cc3ccccc3)c3cc(O)ccc3o2)cc1. The van der Waals surface area contributed by atoms with Crippen molar-refractivity contribution < 1.29 is 14.3 Å². The molecule has 0 atom stereocenters. The average molecular weight is 372 g/mol. The fourth-order valence-corrected chi connectivity index (χ4v) is 3.31. The summed E-state index contributed by atoms with van der Waals surface area (Å²) in [6, 6.07) is 25.3. The summed E-state index contributed by atoms with van der Waals surface area (Å²) in [5.41, 5.74) is 2.90. The predicted octanol–water partition coefficient (Wildman–Crippen LogP) is 4.42. The van der Waals surface area contributed by atoms with Crippen molar-refractivity contribution >= 4 is 11.0 Å². The molecule has 0 saturated carbocycles. The first kappa shape index (κ1) is 17.9. The Kier molecular flexibility index (Phi) is 4.85. The third-order valence-corrected chi connectivity index (χ3v) is 4.78. The van der Waals surface area contributed by atoms with Crippen molar-refractivity contribution in [2.24, 2.45) is 0 Å². The van der Waals surface area contributed by atoms with E-state index < -0.39 is 0 Å². The van der Waals surface area contributed by atoms with E-state index in [-0.39, 0.29) is 5.75 Å². The number of aromatic hydroxyl groups is 1. The van der Waals surface area contributed by atoms with Gasteiger partial charge in [0.05, 0.1) is 18.6 Å². The highest BCUT2D eigenvalue weighted by atomic mass is 16.5. The monoisotopic (exact) mass is 372 g/mol.